The molecule has 51 heavy (non-hydrogen) atoms. The third-order valence-corrected chi connectivity index (χ3v) is 10.8. The molecule has 3 aromatic carbocycles. The van der Waals surface area contributed by atoms with Crippen LogP contribution in [0.5, 0.6) is 0 Å². The number of hydrogen-bond donors (Lipinski definition) is 2. The van der Waals surface area contributed by atoms with Gasteiger partial charge in [-0.1, -0.05) is 73.7 Å². The van der Waals surface area contributed by atoms with E-state index in [9.17, 15) is 19.5 Å². The second kappa shape index (κ2) is 16.0. The van der Waals surface area contributed by atoms with Gasteiger partial charge in [0.15, 0.2) is 6.29 Å². The minimum atomic E-state index is -1.01. The first-order valence-electron chi connectivity index (χ1n) is 18.3. The number of likely N-dealkylation sites (tertiary alicyclic amines) is 2. The molecule has 0 aliphatic carbocycles. The van der Waals surface area contributed by atoms with E-state index >= 15 is 0 Å². The predicted octanol–water partition coefficient (Wildman–Crippen LogP) is 5.09. The SMILES string of the molecule is C[C@@H]1[C@H](CN2CCC[C@H]2CN2CCCC2)O[C@H](c2ccc(N3C(=O)CC(NC(=O)OCc4ccccc4)C3=O)cc2)O[C@@H]1c1ccc(CO)cc1. The van der Waals surface area contributed by atoms with E-state index in [4.69, 9.17) is 14.2 Å². The number of ether oxygens (including phenoxy) is 3. The maximum Gasteiger partial charge on any atom is 0.408 e. The van der Waals surface area contributed by atoms with Crippen LogP contribution in [0.1, 0.15) is 73.7 Å². The zero-order chi connectivity index (χ0) is 35.3. The van der Waals surface area contributed by atoms with Gasteiger partial charge in [0.25, 0.3) is 5.91 Å². The Bertz CT molecular complexity index is 1650. The van der Waals surface area contributed by atoms with Crippen molar-refractivity contribution in [1.29, 1.82) is 0 Å². The van der Waals surface area contributed by atoms with Gasteiger partial charge in [0.2, 0.25) is 5.91 Å². The molecule has 7 rings (SSSR count). The van der Waals surface area contributed by atoms with E-state index in [1.165, 1.54) is 38.8 Å². The van der Waals surface area contributed by atoms with Gasteiger partial charge in [-0.15, -0.1) is 0 Å². The lowest BCUT2D eigenvalue weighted by atomic mass is 9.90. The summed E-state index contributed by atoms with van der Waals surface area (Å²) in [4.78, 5) is 45.1. The van der Waals surface area contributed by atoms with Crippen LogP contribution in [-0.4, -0.2) is 83.7 Å². The second-order valence-electron chi connectivity index (χ2n) is 14.2. The Hall–Kier alpha value is -4.13. The Morgan fingerprint density at radius 2 is 1.59 bits per heavy atom. The van der Waals surface area contributed by atoms with Gasteiger partial charge in [-0.25, -0.2) is 9.69 Å². The number of imide groups is 1. The molecule has 11 heteroatoms. The first-order chi connectivity index (χ1) is 24.9. The Labute approximate surface area is 299 Å². The molecule has 2 N–H and O–H groups in total. The third kappa shape index (κ3) is 8.18. The maximum atomic E-state index is 13.3. The van der Waals surface area contributed by atoms with Crippen molar-refractivity contribution in [3.8, 4) is 0 Å². The summed E-state index contributed by atoms with van der Waals surface area (Å²) in [6.45, 7) is 7.56. The predicted molar refractivity (Wildman–Crippen MR) is 190 cm³/mol. The van der Waals surface area contributed by atoms with Crippen molar-refractivity contribution in [3.63, 3.8) is 0 Å². The minimum absolute atomic E-state index is 0.0212. The Balaban J connectivity index is 1.04. The molecular formula is C40H48N4O7. The molecule has 0 saturated carbocycles. The second-order valence-corrected chi connectivity index (χ2v) is 14.2. The number of alkyl carbamates (subject to hydrolysis) is 1. The Morgan fingerprint density at radius 3 is 2.31 bits per heavy atom. The molecule has 4 aliphatic rings. The van der Waals surface area contributed by atoms with Gasteiger partial charge in [0, 0.05) is 30.6 Å². The highest BCUT2D eigenvalue weighted by Crippen LogP contribution is 2.42. The highest BCUT2D eigenvalue weighted by molar-refractivity contribution is 6.22. The summed E-state index contributed by atoms with van der Waals surface area (Å²) < 4.78 is 18.7. The number of carbonyl (C=O) groups is 3. The van der Waals surface area contributed by atoms with E-state index in [-0.39, 0.29) is 37.8 Å². The van der Waals surface area contributed by atoms with Gasteiger partial charge in [-0.2, -0.15) is 0 Å². The van der Waals surface area contributed by atoms with Crippen molar-refractivity contribution < 1.29 is 33.7 Å². The molecule has 4 heterocycles. The van der Waals surface area contributed by atoms with Crippen LogP contribution in [0.25, 0.3) is 0 Å². The maximum absolute atomic E-state index is 13.3. The van der Waals surface area contributed by atoms with Gasteiger partial charge >= 0.3 is 6.09 Å². The van der Waals surface area contributed by atoms with Crippen molar-refractivity contribution in [1.82, 2.24) is 15.1 Å². The molecule has 1 unspecified atom stereocenters. The number of anilines is 1. The van der Waals surface area contributed by atoms with E-state index in [1.807, 2.05) is 66.7 Å². The van der Waals surface area contributed by atoms with Gasteiger partial charge in [-0.05, 0) is 74.1 Å². The zero-order valence-corrected chi connectivity index (χ0v) is 29.2. The van der Waals surface area contributed by atoms with Gasteiger partial charge in [0.1, 0.15) is 12.6 Å². The Kier molecular flexibility index (Phi) is 11.1. The fourth-order valence-corrected chi connectivity index (χ4v) is 7.87. The molecule has 4 fully saturated rings. The molecule has 270 valence electrons. The van der Waals surface area contributed by atoms with Crippen molar-refractivity contribution in [2.45, 2.75) is 82.8 Å². The quantitative estimate of drug-likeness (QED) is 0.264. The summed E-state index contributed by atoms with van der Waals surface area (Å²) in [6.07, 6.45) is 3.04. The molecule has 0 bridgehead atoms. The smallest absolute Gasteiger partial charge is 0.408 e. The molecule has 3 aromatic rings. The van der Waals surface area contributed by atoms with Crippen LogP contribution >= 0.6 is 0 Å². The monoisotopic (exact) mass is 696 g/mol. The summed E-state index contributed by atoms with van der Waals surface area (Å²) in [7, 11) is 0. The number of aliphatic hydroxyl groups is 1. The van der Waals surface area contributed by atoms with Gasteiger partial charge in [-0.3, -0.25) is 14.5 Å². The summed E-state index contributed by atoms with van der Waals surface area (Å²) >= 11 is 0. The van der Waals surface area contributed by atoms with Crippen molar-refractivity contribution in [3.05, 3.63) is 101 Å². The number of nitrogens with zero attached hydrogens (tertiary/aromatic N) is 3. The van der Waals surface area contributed by atoms with Gasteiger partial charge in [0.05, 0.1) is 30.9 Å². The number of aliphatic hydroxyl groups excluding tert-OH is 1. The summed E-state index contributed by atoms with van der Waals surface area (Å²) in [6, 6.07) is 23.8. The van der Waals surface area contributed by atoms with Crippen LogP contribution in [0.4, 0.5) is 10.5 Å². The molecule has 4 saturated heterocycles. The van der Waals surface area contributed by atoms with Crippen LogP contribution in [0.3, 0.4) is 0 Å². The number of nitrogens with one attached hydrogen (secondary N) is 1. The van der Waals surface area contributed by atoms with Crippen LogP contribution in [-0.2, 0) is 37.0 Å². The highest BCUT2D eigenvalue weighted by atomic mass is 16.7. The number of benzene rings is 3. The van der Waals surface area contributed by atoms with Crippen LogP contribution in [0.15, 0.2) is 78.9 Å². The molecule has 0 spiro atoms. The lowest BCUT2D eigenvalue weighted by Crippen LogP contribution is -2.48. The molecule has 11 nitrogen and oxygen atoms in total. The van der Waals surface area contributed by atoms with E-state index in [0.29, 0.717) is 11.7 Å². The molecule has 0 aromatic heterocycles. The van der Waals surface area contributed by atoms with Crippen LogP contribution in [0, 0.1) is 5.92 Å². The number of amides is 3. The Morgan fingerprint density at radius 1 is 0.863 bits per heavy atom. The average molecular weight is 697 g/mol. The minimum Gasteiger partial charge on any atom is -0.445 e. The number of carbonyl (C=O) groups excluding carboxylic acids is 3. The normalized spacial score (nSPS) is 27.3. The fraction of sp³-hybridized carbons (Fsp3) is 0.475. The third-order valence-electron chi connectivity index (χ3n) is 10.8. The first kappa shape index (κ1) is 35.3. The highest BCUT2D eigenvalue weighted by Gasteiger charge is 2.43. The molecule has 6 atom stereocenters. The van der Waals surface area contributed by atoms with Crippen LogP contribution < -0.4 is 10.2 Å². The van der Waals surface area contributed by atoms with E-state index in [0.717, 1.165) is 46.8 Å². The van der Waals surface area contributed by atoms with Crippen molar-refractivity contribution in [2.75, 3.05) is 37.6 Å². The lowest BCUT2D eigenvalue weighted by molar-refractivity contribution is -0.276. The summed E-state index contributed by atoms with van der Waals surface area (Å²) in [5.41, 5.74) is 3.88. The van der Waals surface area contributed by atoms with Crippen molar-refractivity contribution in [2.24, 2.45) is 5.92 Å². The van der Waals surface area contributed by atoms with E-state index < -0.39 is 30.2 Å². The van der Waals surface area contributed by atoms with Crippen molar-refractivity contribution >= 4 is 23.6 Å². The van der Waals surface area contributed by atoms with E-state index in [2.05, 4.69) is 22.0 Å². The topological polar surface area (TPSA) is 121 Å². The summed E-state index contributed by atoms with van der Waals surface area (Å²) in [5.74, 6) is -0.846. The van der Waals surface area contributed by atoms with Gasteiger partial charge < -0.3 is 29.5 Å². The first-order valence-corrected chi connectivity index (χ1v) is 18.3. The standard InChI is InChI=1S/C40H48N4O7/c1-27-35(24-43-21-7-10-33(43)23-42-19-5-6-20-42)50-39(51-37(27)30-13-11-28(25-45)12-14-30)31-15-17-32(18-16-31)44-36(46)22-34(38(44)47)41-40(48)49-26-29-8-3-2-4-9-29/h2-4,8-9,11-18,27,33-35,37,39,45H,5-7,10,19-26H2,1H3,(H,41,48)/t27-,33+,34?,35+,37+,39+/m1/s1. The fourth-order valence-electron chi connectivity index (χ4n) is 7.87. The largest absolute Gasteiger partial charge is 0.445 e. The number of hydrogen-bond acceptors (Lipinski definition) is 9. The molecule has 0 radical (unpaired) electrons. The van der Waals surface area contributed by atoms with E-state index in [1.54, 1.807) is 12.1 Å². The lowest BCUT2D eigenvalue weighted by Gasteiger charge is -2.43. The zero-order valence-electron chi connectivity index (χ0n) is 29.2. The van der Waals surface area contributed by atoms with Crippen LogP contribution in [0.2, 0.25) is 0 Å². The molecule has 3 amide bonds. The molecule has 4 aliphatic heterocycles. The molecular weight excluding hydrogens is 648 g/mol. The average Bonchev–Trinajstić information content (AvgIpc) is 3.90. The summed E-state index contributed by atoms with van der Waals surface area (Å²) in [5, 5.41) is 12.2. The number of rotatable bonds is 11.